The van der Waals surface area contributed by atoms with Crippen molar-refractivity contribution in [1.82, 2.24) is 4.98 Å². The number of alkyl halides is 1. The van der Waals surface area contributed by atoms with E-state index >= 15 is 0 Å². The fraction of sp³-hybridized carbons (Fsp3) is 0.545. The van der Waals surface area contributed by atoms with Crippen LogP contribution in [0.1, 0.15) is 24.8 Å². The lowest BCUT2D eigenvalue weighted by atomic mass is 10.3. The van der Waals surface area contributed by atoms with Gasteiger partial charge < -0.3 is 4.74 Å². The molecule has 3 heteroatoms. The van der Waals surface area contributed by atoms with Crippen LogP contribution in [0.2, 0.25) is 0 Å². The number of pyridine rings is 1. The first-order valence-electron chi connectivity index (χ1n) is 5.02. The molecule has 0 N–H and O–H groups in total. The molecule has 2 rings (SSSR count). The van der Waals surface area contributed by atoms with E-state index in [0.29, 0.717) is 11.8 Å². The summed E-state index contributed by atoms with van der Waals surface area (Å²) in [5.41, 5.74) is 1.06. The maximum absolute atomic E-state index is 5.71. The normalized spacial score (nSPS) is 15.5. The monoisotopic (exact) mass is 211 g/mol. The third-order valence-corrected chi connectivity index (χ3v) is 2.74. The van der Waals surface area contributed by atoms with Crippen LogP contribution in [0.3, 0.4) is 0 Å². The van der Waals surface area contributed by atoms with Crippen molar-refractivity contribution in [2.75, 3.05) is 6.61 Å². The van der Waals surface area contributed by atoms with Gasteiger partial charge in [-0.25, -0.2) is 4.98 Å². The molecule has 0 amide bonds. The molecule has 1 saturated carbocycles. The van der Waals surface area contributed by atoms with E-state index in [1.807, 2.05) is 12.1 Å². The zero-order valence-corrected chi connectivity index (χ0v) is 8.83. The Morgan fingerprint density at radius 2 is 2.36 bits per heavy atom. The standard InChI is InChI=1S/C11H14ClNO/c12-8-10-3-5-13-11(7-10)14-6-4-9-1-2-9/h3,5,7,9H,1-2,4,6,8H2. The Kier molecular flexibility index (Phi) is 3.25. The van der Waals surface area contributed by atoms with E-state index in [-0.39, 0.29) is 0 Å². The van der Waals surface area contributed by atoms with Crippen molar-refractivity contribution < 1.29 is 4.74 Å². The summed E-state index contributed by atoms with van der Waals surface area (Å²) in [4.78, 5) is 4.12. The van der Waals surface area contributed by atoms with Gasteiger partial charge in [-0.3, -0.25) is 0 Å². The number of hydrogen-bond donors (Lipinski definition) is 0. The van der Waals surface area contributed by atoms with Crippen molar-refractivity contribution >= 4 is 11.6 Å². The largest absolute Gasteiger partial charge is 0.478 e. The van der Waals surface area contributed by atoms with Gasteiger partial charge in [0.05, 0.1) is 6.61 Å². The lowest BCUT2D eigenvalue weighted by molar-refractivity contribution is 0.291. The van der Waals surface area contributed by atoms with Gasteiger partial charge >= 0.3 is 0 Å². The minimum Gasteiger partial charge on any atom is -0.478 e. The molecule has 0 aromatic carbocycles. The van der Waals surface area contributed by atoms with Crippen molar-refractivity contribution in [1.29, 1.82) is 0 Å². The van der Waals surface area contributed by atoms with Crippen LogP contribution in [0, 0.1) is 5.92 Å². The number of rotatable bonds is 5. The Morgan fingerprint density at radius 1 is 1.50 bits per heavy atom. The number of hydrogen-bond acceptors (Lipinski definition) is 2. The van der Waals surface area contributed by atoms with Gasteiger partial charge in [-0.05, 0) is 24.0 Å². The van der Waals surface area contributed by atoms with Crippen LogP contribution in [-0.4, -0.2) is 11.6 Å². The van der Waals surface area contributed by atoms with Crippen LogP contribution in [0.5, 0.6) is 5.88 Å². The zero-order chi connectivity index (χ0) is 9.80. The summed E-state index contributed by atoms with van der Waals surface area (Å²) in [6, 6.07) is 3.81. The average Bonchev–Trinajstić information content (AvgIpc) is 3.02. The molecule has 2 nitrogen and oxygen atoms in total. The van der Waals surface area contributed by atoms with Crippen molar-refractivity contribution in [3.05, 3.63) is 23.9 Å². The number of aromatic nitrogens is 1. The van der Waals surface area contributed by atoms with E-state index in [9.17, 15) is 0 Å². The van der Waals surface area contributed by atoms with Crippen LogP contribution < -0.4 is 4.74 Å². The van der Waals surface area contributed by atoms with E-state index < -0.39 is 0 Å². The Morgan fingerprint density at radius 3 is 3.07 bits per heavy atom. The summed E-state index contributed by atoms with van der Waals surface area (Å²) in [6.45, 7) is 0.781. The van der Waals surface area contributed by atoms with Crippen LogP contribution in [0.15, 0.2) is 18.3 Å². The van der Waals surface area contributed by atoms with Gasteiger partial charge in [-0.1, -0.05) is 12.8 Å². The van der Waals surface area contributed by atoms with Crippen molar-refractivity contribution in [2.45, 2.75) is 25.1 Å². The van der Waals surface area contributed by atoms with Crippen LogP contribution in [-0.2, 0) is 5.88 Å². The maximum Gasteiger partial charge on any atom is 0.213 e. The summed E-state index contributed by atoms with van der Waals surface area (Å²) in [7, 11) is 0. The highest BCUT2D eigenvalue weighted by atomic mass is 35.5. The highest BCUT2D eigenvalue weighted by Gasteiger charge is 2.20. The Labute approximate surface area is 89.3 Å². The lowest BCUT2D eigenvalue weighted by Crippen LogP contribution is -2.00. The molecule has 1 aromatic heterocycles. The molecule has 0 bridgehead atoms. The minimum atomic E-state index is 0.515. The quantitative estimate of drug-likeness (QED) is 0.699. The summed E-state index contributed by atoms with van der Waals surface area (Å²) in [5, 5.41) is 0. The molecular weight excluding hydrogens is 198 g/mol. The Bertz CT molecular complexity index is 299. The molecule has 76 valence electrons. The average molecular weight is 212 g/mol. The molecule has 0 atom stereocenters. The van der Waals surface area contributed by atoms with Gasteiger partial charge in [0.1, 0.15) is 0 Å². The van der Waals surface area contributed by atoms with E-state index in [1.165, 1.54) is 12.8 Å². The molecule has 0 aliphatic heterocycles. The van der Waals surface area contributed by atoms with Crippen molar-refractivity contribution in [2.24, 2.45) is 5.92 Å². The second-order valence-corrected chi connectivity index (χ2v) is 3.98. The van der Waals surface area contributed by atoms with Crippen molar-refractivity contribution in [3.8, 4) is 5.88 Å². The molecule has 1 aliphatic rings. The van der Waals surface area contributed by atoms with E-state index in [0.717, 1.165) is 24.5 Å². The first-order valence-corrected chi connectivity index (χ1v) is 5.55. The molecule has 1 aromatic rings. The predicted octanol–water partition coefficient (Wildman–Crippen LogP) is 3.00. The minimum absolute atomic E-state index is 0.515. The fourth-order valence-electron chi connectivity index (χ4n) is 1.35. The summed E-state index contributed by atoms with van der Waals surface area (Å²) < 4.78 is 5.53. The molecule has 1 aliphatic carbocycles. The molecule has 1 heterocycles. The first-order chi connectivity index (χ1) is 6.88. The number of halogens is 1. The van der Waals surface area contributed by atoms with Crippen LogP contribution in [0.25, 0.3) is 0 Å². The smallest absolute Gasteiger partial charge is 0.213 e. The molecule has 14 heavy (non-hydrogen) atoms. The number of ether oxygens (including phenoxy) is 1. The van der Waals surface area contributed by atoms with E-state index in [4.69, 9.17) is 16.3 Å². The van der Waals surface area contributed by atoms with E-state index in [2.05, 4.69) is 4.98 Å². The predicted molar refractivity (Wildman–Crippen MR) is 56.6 cm³/mol. The second kappa shape index (κ2) is 4.65. The van der Waals surface area contributed by atoms with Gasteiger partial charge in [-0.2, -0.15) is 0 Å². The summed E-state index contributed by atoms with van der Waals surface area (Å²) in [5.74, 6) is 2.12. The number of nitrogens with zero attached hydrogens (tertiary/aromatic N) is 1. The Balaban J connectivity index is 1.81. The van der Waals surface area contributed by atoms with Gasteiger partial charge in [0.25, 0.3) is 0 Å². The third kappa shape index (κ3) is 2.88. The molecule has 1 fully saturated rings. The topological polar surface area (TPSA) is 22.1 Å². The van der Waals surface area contributed by atoms with Gasteiger partial charge in [0.2, 0.25) is 5.88 Å². The second-order valence-electron chi connectivity index (χ2n) is 3.72. The fourth-order valence-corrected chi connectivity index (χ4v) is 1.52. The zero-order valence-electron chi connectivity index (χ0n) is 8.08. The van der Waals surface area contributed by atoms with Gasteiger partial charge in [0, 0.05) is 18.1 Å². The molecule has 0 unspecified atom stereocenters. The molecule has 0 spiro atoms. The molecular formula is C11H14ClNO. The highest BCUT2D eigenvalue weighted by Crippen LogP contribution is 2.32. The summed E-state index contributed by atoms with van der Waals surface area (Å²) >= 11 is 5.71. The van der Waals surface area contributed by atoms with E-state index in [1.54, 1.807) is 6.20 Å². The molecule has 0 saturated heterocycles. The Hall–Kier alpha value is -0.760. The molecule has 0 radical (unpaired) electrons. The lowest BCUT2D eigenvalue weighted by Gasteiger charge is -2.04. The van der Waals surface area contributed by atoms with Crippen LogP contribution >= 0.6 is 11.6 Å². The highest BCUT2D eigenvalue weighted by molar-refractivity contribution is 6.17. The summed E-state index contributed by atoms with van der Waals surface area (Å²) in [6.07, 6.45) is 5.65. The maximum atomic E-state index is 5.71. The van der Waals surface area contributed by atoms with Crippen LogP contribution in [0.4, 0.5) is 0 Å². The first kappa shape index (κ1) is 9.78. The van der Waals surface area contributed by atoms with Gasteiger partial charge in [-0.15, -0.1) is 11.6 Å². The van der Waals surface area contributed by atoms with Gasteiger partial charge in [0.15, 0.2) is 0 Å². The van der Waals surface area contributed by atoms with Crippen molar-refractivity contribution in [3.63, 3.8) is 0 Å². The third-order valence-electron chi connectivity index (χ3n) is 2.43. The SMILES string of the molecule is ClCc1ccnc(OCCC2CC2)c1.